The monoisotopic (exact) mass is 290 g/mol. The molecule has 1 aliphatic carbocycles. The Labute approximate surface area is 122 Å². The molecule has 2 aromatic heterocycles. The van der Waals surface area contributed by atoms with E-state index in [1.54, 1.807) is 12.4 Å². The van der Waals surface area contributed by atoms with E-state index in [9.17, 15) is 0 Å². The Balaban J connectivity index is 1.58. The highest BCUT2D eigenvalue weighted by molar-refractivity contribution is 7.11. The number of nitrogens with two attached hydrogens (primary N) is 1. The molecule has 6 heteroatoms. The van der Waals surface area contributed by atoms with E-state index in [0.29, 0.717) is 12.4 Å². The smallest absolute Gasteiger partial charge is 0.147 e. The first-order chi connectivity index (χ1) is 9.84. The molecule has 1 aliphatic rings. The van der Waals surface area contributed by atoms with Crippen LogP contribution < -0.4 is 11.1 Å². The lowest BCUT2D eigenvalue weighted by atomic mass is 10.1. The van der Waals surface area contributed by atoms with Gasteiger partial charge in [0.2, 0.25) is 0 Å². The largest absolute Gasteiger partial charge is 0.382 e. The van der Waals surface area contributed by atoms with Crippen molar-refractivity contribution in [2.75, 3.05) is 30.8 Å². The number of nitrogens with zero attached hydrogens (tertiary/aromatic N) is 2. The molecule has 0 spiro atoms. The molecule has 20 heavy (non-hydrogen) atoms. The zero-order valence-corrected chi connectivity index (χ0v) is 12.0. The maximum Gasteiger partial charge on any atom is 0.147 e. The summed E-state index contributed by atoms with van der Waals surface area (Å²) in [6.45, 7) is 2.37. The van der Waals surface area contributed by atoms with Crippen molar-refractivity contribution < 1.29 is 4.74 Å². The van der Waals surface area contributed by atoms with Crippen LogP contribution in [-0.4, -0.2) is 29.1 Å². The Morgan fingerprint density at radius 2 is 2.35 bits per heavy atom. The predicted octanol–water partition coefficient (Wildman–Crippen LogP) is 2.63. The molecule has 106 valence electrons. The fourth-order valence-electron chi connectivity index (χ4n) is 1.98. The van der Waals surface area contributed by atoms with Crippen molar-refractivity contribution in [2.24, 2.45) is 5.92 Å². The normalized spacial score (nSPS) is 14.4. The predicted molar refractivity (Wildman–Crippen MR) is 81.8 cm³/mol. The standard InChI is InChI=1S/C14H18N4OS/c15-13-12(11-2-1-5-16-8-11)14(20-18-13)17-6-7-19-9-10-3-4-10/h1-2,5,8,10,17H,3-4,6-7,9H2,(H2,15,18). The average molecular weight is 290 g/mol. The third kappa shape index (κ3) is 3.26. The third-order valence-corrected chi connectivity index (χ3v) is 4.07. The SMILES string of the molecule is Nc1nsc(NCCOCC2CC2)c1-c1cccnc1. The van der Waals surface area contributed by atoms with Crippen LogP contribution in [0.25, 0.3) is 11.1 Å². The van der Waals surface area contributed by atoms with E-state index in [0.717, 1.165) is 35.2 Å². The first kappa shape index (κ1) is 13.3. The van der Waals surface area contributed by atoms with Crippen molar-refractivity contribution in [3.63, 3.8) is 0 Å². The Morgan fingerprint density at radius 1 is 1.45 bits per heavy atom. The fraction of sp³-hybridized carbons (Fsp3) is 0.429. The van der Waals surface area contributed by atoms with Crippen LogP contribution in [0.2, 0.25) is 0 Å². The summed E-state index contributed by atoms with van der Waals surface area (Å²) >= 11 is 1.38. The van der Waals surface area contributed by atoms with Crippen LogP contribution in [0.15, 0.2) is 24.5 Å². The van der Waals surface area contributed by atoms with Gasteiger partial charge in [0, 0.05) is 31.1 Å². The van der Waals surface area contributed by atoms with Gasteiger partial charge in [0.1, 0.15) is 10.8 Å². The van der Waals surface area contributed by atoms with E-state index in [2.05, 4.69) is 14.7 Å². The fourth-order valence-corrected chi connectivity index (χ4v) is 2.75. The molecule has 1 fully saturated rings. The van der Waals surface area contributed by atoms with Crippen molar-refractivity contribution in [2.45, 2.75) is 12.8 Å². The van der Waals surface area contributed by atoms with Gasteiger partial charge < -0.3 is 15.8 Å². The van der Waals surface area contributed by atoms with Crippen molar-refractivity contribution in [1.29, 1.82) is 0 Å². The Kier molecular flexibility index (Phi) is 4.13. The first-order valence-corrected chi connectivity index (χ1v) is 7.59. The maximum absolute atomic E-state index is 5.95. The highest BCUT2D eigenvalue weighted by Crippen LogP contribution is 2.36. The Morgan fingerprint density at radius 3 is 3.10 bits per heavy atom. The van der Waals surface area contributed by atoms with Gasteiger partial charge in [-0.25, -0.2) is 0 Å². The minimum atomic E-state index is 0.546. The second-order valence-corrected chi connectivity index (χ2v) is 5.73. The molecule has 2 heterocycles. The molecule has 0 aromatic carbocycles. The van der Waals surface area contributed by atoms with Crippen molar-refractivity contribution >= 4 is 22.4 Å². The number of pyridine rings is 1. The Bertz CT molecular complexity index is 554. The van der Waals surface area contributed by atoms with Gasteiger partial charge in [0.05, 0.1) is 12.2 Å². The molecule has 0 bridgehead atoms. The maximum atomic E-state index is 5.95. The summed E-state index contributed by atoms with van der Waals surface area (Å²) in [7, 11) is 0. The lowest BCUT2D eigenvalue weighted by Crippen LogP contribution is -2.10. The van der Waals surface area contributed by atoms with Crippen LogP contribution in [-0.2, 0) is 4.74 Å². The number of nitrogen functional groups attached to an aromatic ring is 1. The summed E-state index contributed by atoms with van der Waals surface area (Å²) in [5, 5.41) is 4.33. The molecule has 5 nitrogen and oxygen atoms in total. The van der Waals surface area contributed by atoms with Crippen molar-refractivity contribution in [1.82, 2.24) is 9.36 Å². The van der Waals surface area contributed by atoms with Gasteiger partial charge in [-0.3, -0.25) is 4.98 Å². The van der Waals surface area contributed by atoms with E-state index in [4.69, 9.17) is 10.5 Å². The zero-order chi connectivity index (χ0) is 13.8. The molecule has 0 aliphatic heterocycles. The average Bonchev–Trinajstić information content (AvgIpc) is 3.22. The third-order valence-electron chi connectivity index (χ3n) is 3.25. The van der Waals surface area contributed by atoms with E-state index in [-0.39, 0.29) is 0 Å². The van der Waals surface area contributed by atoms with Crippen LogP contribution in [0.5, 0.6) is 0 Å². The van der Waals surface area contributed by atoms with Crippen LogP contribution in [0.1, 0.15) is 12.8 Å². The number of hydrogen-bond acceptors (Lipinski definition) is 6. The van der Waals surface area contributed by atoms with Crippen LogP contribution in [0, 0.1) is 5.92 Å². The summed E-state index contributed by atoms with van der Waals surface area (Å²) in [5.74, 6) is 1.35. The van der Waals surface area contributed by atoms with Crippen molar-refractivity contribution in [3.8, 4) is 11.1 Å². The van der Waals surface area contributed by atoms with E-state index >= 15 is 0 Å². The molecular weight excluding hydrogens is 272 g/mol. The van der Waals surface area contributed by atoms with Gasteiger partial charge in [0.25, 0.3) is 0 Å². The topological polar surface area (TPSA) is 73.1 Å². The molecule has 1 saturated carbocycles. The van der Waals surface area contributed by atoms with Crippen LogP contribution >= 0.6 is 11.5 Å². The number of aromatic nitrogens is 2. The molecule has 3 rings (SSSR count). The lowest BCUT2D eigenvalue weighted by Gasteiger charge is -2.07. The molecule has 0 saturated heterocycles. The number of hydrogen-bond donors (Lipinski definition) is 2. The van der Waals surface area contributed by atoms with E-state index in [1.807, 2.05) is 12.1 Å². The number of rotatable bonds is 7. The van der Waals surface area contributed by atoms with Crippen LogP contribution in [0.4, 0.5) is 10.8 Å². The minimum absolute atomic E-state index is 0.546. The first-order valence-electron chi connectivity index (χ1n) is 6.82. The van der Waals surface area contributed by atoms with E-state index < -0.39 is 0 Å². The zero-order valence-electron chi connectivity index (χ0n) is 11.2. The molecule has 3 N–H and O–H groups in total. The molecule has 0 atom stereocenters. The van der Waals surface area contributed by atoms with Gasteiger partial charge in [-0.1, -0.05) is 6.07 Å². The highest BCUT2D eigenvalue weighted by Gasteiger charge is 2.21. The van der Waals surface area contributed by atoms with E-state index in [1.165, 1.54) is 24.4 Å². The lowest BCUT2D eigenvalue weighted by molar-refractivity contribution is 0.134. The second kappa shape index (κ2) is 6.19. The second-order valence-electron chi connectivity index (χ2n) is 4.96. The number of ether oxygens (including phenoxy) is 1. The quantitative estimate of drug-likeness (QED) is 0.767. The summed E-state index contributed by atoms with van der Waals surface area (Å²) in [5.41, 5.74) is 7.87. The summed E-state index contributed by atoms with van der Waals surface area (Å²) in [6.07, 6.45) is 6.20. The highest BCUT2D eigenvalue weighted by atomic mass is 32.1. The van der Waals surface area contributed by atoms with Crippen LogP contribution in [0.3, 0.4) is 0 Å². The van der Waals surface area contributed by atoms with Crippen molar-refractivity contribution in [3.05, 3.63) is 24.5 Å². The molecular formula is C14H18N4OS. The van der Waals surface area contributed by atoms with Gasteiger partial charge >= 0.3 is 0 Å². The minimum Gasteiger partial charge on any atom is -0.382 e. The van der Waals surface area contributed by atoms with Gasteiger partial charge in [-0.2, -0.15) is 4.37 Å². The summed E-state index contributed by atoms with van der Waals surface area (Å²) < 4.78 is 9.83. The molecule has 0 amide bonds. The van der Waals surface area contributed by atoms with Gasteiger partial charge in [0.15, 0.2) is 0 Å². The Hall–Kier alpha value is -1.66. The number of anilines is 2. The van der Waals surface area contributed by atoms with Gasteiger partial charge in [-0.05, 0) is 36.4 Å². The van der Waals surface area contributed by atoms with Gasteiger partial charge in [-0.15, -0.1) is 0 Å². The summed E-state index contributed by atoms with van der Waals surface area (Å²) in [6, 6.07) is 3.89. The number of nitrogens with one attached hydrogen (secondary N) is 1. The molecule has 0 unspecified atom stereocenters. The summed E-state index contributed by atoms with van der Waals surface area (Å²) in [4.78, 5) is 4.13. The molecule has 2 aromatic rings. The molecule has 0 radical (unpaired) electrons.